The van der Waals surface area contributed by atoms with Crippen molar-refractivity contribution in [3.63, 3.8) is 0 Å². The fraction of sp³-hybridized carbons (Fsp3) is 0.941. The molecule has 1 aliphatic carbocycles. The van der Waals surface area contributed by atoms with Gasteiger partial charge in [0.25, 0.3) is 0 Å². The number of rotatable bonds is 6. The summed E-state index contributed by atoms with van der Waals surface area (Å²) in [5, 5.41) is 7.28. The van der Waals surface area contributed by atoms with Gasteiger partial charge in [-0.05, 0) is 37.5 Å². The van der Waals surface area contributed by atoms with Gasteiger partial charge in [-0.3, -0.25) is 9.20 Å². The van der Waals surface area contributed by atoms with Crippen molar-refractivity contribution in [1.29, 1.82) is 0 Å². The Morgan fingerprint density at radius 2 is 2.05 bits per heavy atom. The maximum absolute atomic E-state index is 12.0. The lowest BCUT2D eigenvalue weighted by atomic mass is 9.91. The summed E-state index contributed by atoms with van der Waals surface area (Å²) in [7, 11) is 1.16. The van der Waals surface area contributed by atoms with Gasteiger partial charge >= 0.3 is 0 Å². The summed E-state index contributed by atoms with van der Waals surface area (Å²) in [6.45, 7) is 9.79. The summed E-state index contributed by atoms with van der Waals surface area (Å²) in [5.74, 6) is 1.67. The van der Waals surface area contributed by atoms with Gasteiger partial charge in [0.05, 0.1) is 0 Å². The summed E-state index contributed by atoms with van der Waals surface area (Å²) >= 11 is 0. The Labute approximate surface area is 139 Å². The summed E-state index contributed by atoms with van der Waals surface area (Å²) in [4.78, 5) is 4.32. The zero-order chi connectivity index (χ0) is 16.6. The van der Waals surface area contributed by atoms with Gasteiger partial charge in [0.1, 0.15) is 0 Å². The smallest absolute Gasteiger partial charge is 0.191 e. The minimum absolute atomic E-state index is 0.357. The molecule has 0 aromatic carbocycles. The Hall–Kier alpha value is -0.580. The van der Waals surface area contributed by atoms with E-state index in [4.69, 9.17) is 0 Å². The first-order valence-electron chi connectivity index (χ1n) is 8.70. The molecular weight excluding hydrogens is 294 g/mol. The molecule has 0 spiro atoms. The average Bonchev–Trinajstić information content (AvgIpc) is 2.48. The summed E-state index contributed by atoms with van der Waals surface area (Å²) < 4.78 is 12.0. The fourth-order valence-electron chi connectivity index (χ4n) is 2.96. The van der Waals surface area contributed by atoms with Crippen molar-refractivity contribution in [3.8, 4) is 0 Å². The zero-order valence-electron chi connectivity index (χ0n) is 15.1. The van der Waals surface area contributed by atoms with Crippen LogP contribution in [0.25, 0.3) is 0 Å². The molecule has 0 bridgehead atoms. The van der Waals surface area contributed by atoms with Gasteiger partial charge in [-0.2, -0.15) is 0 Å². The Bertz CT molecular complexity index is 377. The molecule has 0 heterocycles. The Morgan fingerprint density at radius 1 is 1.32 bits per heavy atom. The minimum Gasteiger partial charge on any atom is -0.356 e. The maximum Gasteiger partial charge on any atom is 0.191 e. The van der Waals surface area contributed by atoms with Crippen LogP contribution in [0.3, 0.4) is 0 Å². The van der Waals surface area contributed by atoms with E-state index >= 15 is 0 Å². The highest BCUT2D eigenvalue weighted by Gasteiger charge is 2.25. The molecule has 0 aliphatic heterocycles. The lowest BCUT2D eigenvalue weighted by Gasteiger charge is -2.30. The molecular formula is C17H35N3OS. The van der Waals surface area contributed by atoms with Crippen LogP contribution in [0.2, 0.25) is 0 Å². The molecule has 2 N–H and O–H groups in total. The van der Waals surface area contributed by atoms with E-state index in [1.807, 2.05) is 14.0 Å². The first-order chi connectivity index (χ1) is 10.4. The molecule has 3 atom stereocenters. The molecule has 0 saturated heterocycles. The highest BCUT2D eigenvalue weighted by Crippen LogP contribution is 2.23. The van der Waals surface area contributed by atoms with Crippen molar-refractivity contribution in [2.75, 3.05) is 19.3 Å². The van der Waals surface area contributed by atoms with Crippen molar-refractivity contribution >= 4 is 16.8 Å². The molecule has 5 heteroatoms. The lowest BCUT2D eigenvalue weighted by molar-refractivity contribution is 0.364. The second-order valence-electron chi connectivity index (χ2n) is 7.46. The van der Waals surface area contributed by atoms with E-state index in [-0.39, 0.29) is 0 Å². The van der Waals surface area contributed by atoms with E-state index in [2.05, 4.69) is 36.4 Å². The third-order valence-corrected chi connectivity index (χ3v) is 5.98. The summed E-state index contributed by atoms with van der Waals surface area (Å²) in [5.41, 5.74) is 0.388. The van der Waals surface area contributed by atoms with Crippen molar-refractivity contribution in [1.82, 2.24) is 10.6 Å². The predicted molar refractivity (Wildman–Crippen MR) is 97.9 cm³/mol. The van der Waals surface area contributed by atoms with E-state index in [1.54, 1.807) is 0 Å². The number of guanidine groups is 1. The summed E-state index contributed by atoms with van der Waals surface area (Å²) in [6.07, 6.45) is 6.78. The van der Waals surface area contributed by atoms with Gasteiger partial charge in [-0.1, -0.05) is 34.1 Å². The fourth-order valence-corrected chi connectivity index (χ4v) is 4.31. The molecule has 1 saturated carbocycles. The van der Waals surface area contributed by atoms with Crippen LogP contribution >= 0.6 is 0 Å². The van der Waals surface area contributed by atoms with Crippen LogP contribution in [0.15, 0.2) is 4.99 Å². The average molecular weight is 330 g/mol. The predicted octanol–water partition coefficient (Wildman–Crippen LogP) is 3.06. The Kier molecular flexibility index (Phi) is 8.44. The molecule has 1 aliphatic rings. The minimum atomic E-state index is -0.668. The van der Waals surface area contributed by atoms with Crippen LogP contribution in [-0.2, 0) is 10.8 Å². The molecule has 3 unspecified atom stereocenters. The van der Waals surface area contributed by atoms with Crippen LogP contribution in [-0.4, -0.2) is 40.8 Å². The van der Waals surface area contributed by atoms with Crippen LogP contribution in [0.1, 0.15) is 66.2 Å². The maximum atomic E-state index is 12.0. The van der Waals surface area contributed by atoms with Gasteiger partial charge in [0, 0.05) is 41.4 Å². The van der Waals surface area contributed by atoms with Gasteiger partial charge < -0.3 is 10.6 Å². The van der Waals surface area contributed by atoms with Gasteiger partial charge in [0.2, 0.25) is 0 Å². The molecule has 22 heavy (non-hydrogen) atoms. The second kappa shape index (κ2) is 9.53. The number of nitrogens with zero attached hydrogens (tertiary/aromatic N) is 1. The molecule has 130 valence electrons. The molecule has 1 fully saturated rings. The zero-order valence-corrected chi connectivity index (χ0v) is 15.9. The van der Waals surface area contributed by atoms with Crippen LogP contribution in [0, 0.1) is 5.41 Å². The summed E-state index contributed by atoms with van der Waals surface area (Å²) in [6, 6.07) is 0.406. The van der Waals surface area contributed by atoms with Crippen molar-refractivity contribution in [2.24, 2.45) is 10.4 Å². The third kappa shape index (κ3) is 7.61. The normalized spacial score (nSPS) is 24.9. The quantitative estimate of drug-likeness (QED) is 0.447. The van der Waals surface area contributed by atoms with Gasteiger partial charge in [-0.15, -0.1) is 0 Å². The topological polar surface area (TPSA) is 53.5 Å². The molecule has 4 nitrogen and oxygen atoms in total. The van der Waals surface area contributed by atoms with Crippen LogP contribution < -0.4 is 10.6 Å². The van der Waals surface area contributed by atoms with E-state index in [0.717, 1.165) is 50.4 Å². The first-order valence-corrected chi connectivity index (χ1v) is 10.1. The number of hydrogen-bond acceptors (Lipinski definition) is 2. The monoisotopic (exact) mass is 329 g/mol. The number of hydrogen-bond donors (Lipinski definition) is 2. The second-order valence-corrected chi connectivity index (χ2v) is 9.47. The van der Waals surface area contributed by atoms with E-state index in [9.17, 15) is 4.21 Å². The first kappa shape index (κ1) is 19.5. The van der Waals surface area contributed by atoms with E-state index in [0.29, 0.717) is 16.7 Å². The highest BCUT2D eigenvalue weighted by atomic mass is 32.2. The van der Waals surface area contributed by atoms with Gasteiger partial charge in [-0.25, -0.2) is 0 Å². The largest absolute Gasteiger partial charge is 0.356 e. The number of nitrogens with one attached hydrogen (secondary N) is 2. The molecule has 0 radical (unpaired) electrons. The SMILES string of the molecule is CCS(=O)C1CCCC(NC(=NC)NCCCC(C)(C)C)C1. The van der Waals surface area contributed by atoms with Crippen molar-refractivity contribution in [2.45, 2.75) is 77.5 Å². The Balaban J connectivity index is 2.34. The Morgan fingerprint density at radius 3 is 2.64 bits per heavy atom. The molecule has 1 rings (SSSR count). The number of aliphatic imine (C=N–C) groups is 1. The van der Waals surface area contributed by atoms with Crippen molar-refractivity contribution < 1.29 is 4.21 Å². The molecule has 0 aromatic rings. The van der Waals surface area contributed by atoms with Crippen LogP contribution in [0.4, 0.5) is 0 Å². The van der Waals surface area contributed by atoms with E-state index < -0.39 is 10.8 Å². The third-order valence-electron chi connectivity index (χ3n) is 4.24. The molecule has 0 amide bonds. The standard InChI is InChI=1S/C17H35N3OS/c1-6-22(21)15-10-7-9-14(13-15)20-16(18-5)19-12-8-11-17(2,3)4/h14-15H,6-13H2,1-5H3,(H2,18,19,20). The molecule has 0 aromatic heterocycles. The lowest BCUT2D eigenvalue weighted by Crippen LogP contribution is -2.46. The van der Waals surface area contributed by atoms with Crippen molar-refractivity contribution in [3.05, 3.63) is 0 Å². The highest BCUT2D eigenvalue weighted by molar-refractivity contribution is 7.85. The van der Waals surface area contributed by atoms with E-state index in [1.165, 1.54) is 6.42 Å². The van der Waals surface area contributed by atoms with Gasteiger partial charge in [0.15, 0.2) is 5.96 Å². The van der Waals surface area contributed by atoms with Crippen LogP contribution in [0.5, 0.6) is 0 Å².